The van der Waals surface area contributed by atoms with Crippen molar-refractivity contribution in [3.63, 3.8) is 0 Å². The van der Waals surface area contributed by atoms with Gasteiger partial charge in [0.05, 0.1) is 6.10 Å². The highest BCUT2D eigenvalue weighted by Crippen LogP contribution is 2.19. The minimum Gasteiger partial charge on any atom is -0.376 e. The Kier molecular flexibility index (Phi) is 5.25. The minimum atomic E-state index is -0.0354. The topological polar surface area (TPSA) is 77.2 Å². The van der Waals surface area contributed by atoms with E-state index in [2.05, 4.69) is 15.5 Å². The Labute approximate surface area is 139 Å². The molecule has 0 aliphatic carbocycles. The fourth-order valence-corrected chi connectivity index (χ4v) is 2.54. The van der Waals surface area contributed by atoms with Crippen LogP contribution in [0.15, 0.2) is 28.8 Å². The molecule has 1 aliphatic rings. The van der Waals surface area contributed by atoms with E-state index in [1.807, 2.05) is 12.1 Å². The predicted octanol–water partition coefficient (Wildman–Crippen LogP) is 2.62. The molecular formula is C16H18ClN3O3. The molecule has 122 valence electrons. The third-order valence-corrected chi connectivity index (χ3v) is 3.94. The van der Waals surface area contributed by atoms with Crippen LogP contribution in [0.1, 0.15) is 25.2 Å². The summed E-state index contributed by atoms with van der Waals surface area (Å²) in [5.74, 6) is 0.908. The van der Waals surface area contributed by atoms with E-state index in [4.69, 9.17) is 20.9 Å². The average molecular weight is 336 g/mol. The standard InChI is InChI=1S/C16H18ClN3O3/c17-12-5-3-11(4-6-12)16-19-15(23-20-16)8-7-14(21)18-10-13-2-1-9-22-13/h3-6,13H,1-2,7-10H2,(H,18,21)/t13-/m0/s1. The summed E-state index contributed by atoms with van der Waals surface area (Å²) >= 11 is 5.85. The highest BCUT2D eigenvalue weighted by atomic mass is 35.5. The first-order valence-electron chi connectivity index (χ1n) is 7.67. The number of hydrogen-bond donors (Lipinski definition) is 1. The first-order valence-corrected chi connectivity index (χ1v) is 8.05. The second-order valence-electron chi connectivity index (χ2n) is 5.46. The smallest absolute Gasteiger partial charge is 0.227 e. The number of carbonyl (C=O) groups is 1. The Morgan fingerprint density at radius 1 is 1.35 bits per heavy atom. The summed E-state index contributed by atoms with van der Waals surface area (Å²) in [6, 6.07) is 7.19. The van der Waals surface area contributed by atoms with Crippen molar-refractivity contribution in [1.82, 2.24) is 15.5 Å². The molecule has 0 unspecified atom stereocenters. The lowest BCUT2D eigenvalue weighted by Gasteiger charge is -2.09. The number of carbonyl (C=O) groups excluding carboxylic acids is 1. The van der Waals surface area contributed by atoms with Crippen molar-refractivity contribution in [2.45, 2.75) is 31.8 Å². The highest BCUT2D eigenvalue weighted by Gasteiger charge is 2.16. The SMILES string of the molecule is O=C(CCc1nc(-c2ccc(Cl)cc2)no1)NC[C@@H]1CCCO1. The molecule has 23 heavy (non-hydrogen) atoms. The maximum atomic E-state index is 11.8. The molecule has 0 saturated carbocycles. The molecule has 1 N–H and O–H groups in total. The van der Waals surface area contributed by atoms with Crippen molar-refractivity contribution in [3.05, 3.63) is 35.2 Å². The van der Waals surface area contributed by atoms with Gasteiger partial charge < -0.3 is 14.6 Å². The molecule has 0 bridgehead atoms. The number of nitrogens with one attached hydrogen (secondary N) is 1. The van der Waals surface area contributed by atoms with Crippen LogP contribution in [-0.4, -0.2) is 35.3 Å². The normalized spacial score (nSPS) is 17.3. The maximum absolute atomic E-state index is 11.8. The van der Waals surface area contributed by atoms with Gasteiger partial charge in [-0.05, 0) is 37.1 Å². The summed E-state index contributed by atoms with van der Waals surface area (Å²) in [7, 11) is 0. The van der Waals surface area contributed by atoms with Crippen molar-refractivity contribution in [1.29, 1.82) is 0 Å². The lowest BCUT2D eigenvalue weighted by Crippen LogP contribution is -2.31. The molecule has 0 spiro atoms. The molecular weight excluding hydrogens is 318 g/mol. The van der Waals surface area contributed by atoms with E-state index in [-0.39, 0.29) is 12.0 Å². The number of benzene rings is 1. The van der Waals surface area contributed by atoms with Crippen LogP contribution in [0.4, 0.5) is 0 Å². The zero-order chi connectivity index (χ0) is 16.1. The van der Waals surface area contributed by atoms with Crippen LogP contribution in [0.25, 0.3) is 11.4 Å². The molecule has 2 aromatic rings. The summed E-state index contributed by atoms with van der Waals surface area (Å²) in [4.78, 5) is 16.1. The van der Waals surface area contributed by atoms with E-state index in [0.717, 1.165) is 25.0 Å². The number of ether oxygens (including phenoxy) is 1. The third kappa shape index (κ3) is 4.53. The van der Waals surface area contributed by atoms with Crippen molar-refractivity contribution >= 4 is 17.5 Å². The summed E-state index contributed by atoms with van der Waals surface area (Å²) in [6.45, 7) is 1.36. The van der Waals surface area contributed by atoms with Gasteiger partial charge in [0.1, 0.15) is 0 Å². The van der Waals surface area contributed by atoms with Crippen molar-refractivity contribution in [2.24, 2.45) is 0 Å². The van der Waals surface area contributed by atoms with Crippen molar-refractivity contribution in [3.8, 4) is 11.4 Å². The lowest BCUT2D eigenvalue weighted by atomic mass is 10.2. The van der Waals surface area contributed by atoms with Crippen LogP contribution in [0, 0.1) is 0 Å². The number of rotatable bonds is 6. The number of aryl methyl sites for hydroxylation is 1. The van der Waals surface area contributed by atoms with Crippen LogP contribution in [0.5, 0.6) is 0 Å². The first-order chi connectivity index (χ1) is 11.2. The third-order valence-electron chi connectivity index (χ3n) is 3.69. The molecule has 1 aromatic heterocycles. The second kappa shape index (κ2) is 7.57. The average Bonchev–Trinajstić information content (AvgIpc) is 3.23. The number of aromatic nitrogens is 2. The van der Waals surface area contributed by atoms with Crippen LogP contribution in [-0.2, 0) is 16.0 Å². The number of nitrogens with zero attached hydrogens (tertiary/aromatic N) is 2. The summed E-state index contributed by atoms with van der Waals surface area (Å²) in [6.07, 6.45) is 2.95. The van der Waals surface area contributed by atoms with Gasteiger partial charge in [0.25, 0.3) is 0 Å². The van der Waals surface area contributed by atoms with Gasteiger partial charge in [-0.3, -0.25) is 4.79 Å². The van der Waals surface area contributed by atoms with Crippen molar-refractivity contribution in [2.75, 3.05) is 13.2 Å². The van der Waals surface area contributed by atoms with Gasteiger partial charge in [0, 0.05) is 36.6 Å². The van der Waals surface area contributed by atoms with E-state index < -0.39 is 0 Å². The van der Waals surface area contributed by atoms with Gasteiger partial charge in [-0.15, -0.1) is 0 Å². The monoisotopic (exact) mass is 335 g/mol. The fourth-order valence-electron chi connectivity index (χ4n) is 2.41. The quantitative estimate of drug-likeness (QED) is 0.878. The molecule has 1 aliphatic heterocycles. The fraction of sp³-hybridized carbons (Fsp3) is 0.438. The Hall–Kier alpha value is -1.92. The van der Waals surface area contributed by atoms with Crippen LogP contribution < -0.4 is 5.32 Å². The number of hydrogen-bond acceptors (Lipinski definition) is 5. The van der Waals surface area contributed by atoms with E-state index in [1.165, 1.54) is 0 Å². The summed E-state index contributed by atoms with van der Waals surface area (Å²) in [5, 5.41) is 7.45. The molecule has 2 heterocycles. The van der Waals surface area contributed by atoms with Crippen LogP contribution >= 0.6 is 11.6 Å². The molecule has 1 aromatic carbocycles. The number of halogens is 1. The summed E-state index contributed by atoms with van der Waals surface area (Å²) in [5.41, 5.74) is 0.826. The molecule has 6 nitrogen and oxygen atoms in total. The van der Waals surface area contributed by atoms with E-state index in [1.54, 1.807) is 12.1 Å². The van der Waals surface area contributed by atoms with Crippen LogP contribution in [0.2, 0.25) is 5.02 Å². The molecule has 1 saturated heterocycles. The van der Waals surface area contributed by atoms with Gasteiger partial charge in [-0.1, -0.05) is 16.8 Å². The molecule has 1 fully saturated rings. The molecule has 3 rings (SSSR count). The summed E-state index contributed by atoms with van der Waals surface area (Å²) < 4.78 is 10.6. The van der Waals surface area contributed by atoms with E-state index >= 15 is 0 Å². The van der Waals surface area contributed by atoms with Gasteiger partial charge >= 0.3 is 0 Å². The molecule has 7 heteroatoms. The molecule has 1 amide bonds. The Bertz CT molecular complexity index is 651. The van der Waals surface area contributed by atoms with Gasteiger partial charge in [0.2, 0.25) is 17.6 Å². The predicted molar refractivity (Wildman–Crippen MR) is 85.0 cm³/mol. The second-order valence-corrected chi connectivity index (χ2v) is 5.89. The maximum Gasteiger partial charge on any atom is 0.227 e. The Morgan fingerprint density at radius 3 is 2.91 bits per heavy atom. The zero-order valence-corrected chi connectivity index (χ0v) is 13.4. The van der Waals surface area contributed by atoms with E-state index in [9.17, 15) is 4.79 Å². The number of amides is 1. The molecule has 1 atom stereocenters. The van der Waals surface area contributed by atoms with Gasteiger partial charge in [-0.25, -0.2) is 0 Å². The Balaban J connectivity index is 1.47. The minimum absolute atomic E-state index is 0.0354. The van der Waals surface area contributed by atoms with E-state index in [0.29, 0.717) is 36.1 Å². The van der Waals surface area contributed by atoms with Gasteiger partial charge in [0.15, 0.2) is 0 Å². The largest absolute Gasteiger partial charge is 0.376 e. The lowest BCUT2D eigenvalue weighted by molar-refractivity contribution is -0.121. The first kappa shape index (κ1) is 16.0. The van der Waals surface area contributed by atoms with Crippen molar-refractivity contribution < 1.29 is 14.1 Å². The van der Waals surface area contributed by atoms with Gasteiger partial charge in [-0.2, -0.15) is 4.98 Å². The zero-order valence-electron chi connectivity index (χ0n) is 12.6. The molecule has 0 radical (unpaired) electrons. The highest BCUT2D eigenvalue weighted by molar-refractivity contribution is 6.30. The Morgan fingerprint density at radius 2 is 2.17 bits per heavy atom. The van der Waals surface area contributed by atoms with Crippen LogP contribution in [0.3, 0.4) is 0 Å².